The highest BCUT2D eigenvalue weighted by Gasteiger charge is 1.99. The zero-order valence-corrected chi connectivity index (χ0v) is 22.1. The summed E-state index contributed by atoms with van der Waals surface area (Å²) in [4.78, 5) is 11.0. The first kappa shape index (κ1) is 31.2. The molecule has 0 aromatic heterocycles. The topological polar surface area (TPSA) is 26.3 Å². The maximum atomic E-state index is 11.0. The number of allylic oxidation sites excluding steroid dienone is 2. The van der Waals surface area contributed by atoms with Gasteiger partial charge in [0.15, 0.2) is 0 Å². The van der Waals surface area contributed by atoms with Crippen LogP contribution in [0.25, 0.3) is 0 Å². The highest BCUT2D eigenvalue weighted by molar-refractivity contribution is 5.68. The van der Waals surface area contributed by atoms with Crippen LogP contribution in [0.2, 0.25) is 0 Å². The summed E-state index contributed by atoms with van der Waals surface area (Å²) in [6, 6.07) is 0. The van der Waals surface area contributed by atoms with Crippen LogP contribution >= 0.6 is 0 Å². The molecule has 0 spiro atoms. The summed E-state index contributed by atoms with van der Waals surface area (Å²) in [5.41, 5.74) is 0. The molecule has 0 aliphatic rings. The van der Waals surface area contributed by atoms with Gasteiger partial charge in [0.2, 0.25) is 0 Å². The second-order valence-corrected chi connectivity index (χ2v) is 9.80. The van der Waals surface area contributed by atoms with Gasteiger partial charge in [0.1, 0.15) is 0 Å². The lowest BCUT2D eigenvalue weighted by atomic mass is 10.0. The van der Waals surface area contributed by atoms with Crippen molar-refractivity contribution >= 4 is 5.97 Å². The highest BCUT2D eigenvalue weighted by atomic mass is 16.5. The third-order valence-electron chi connectivity index (χ3n) is 6.62. The number of carbonyl (C=O) groups is 1. The fraction of sp³-hybridized carbons (Fsp3) is 0.900. The number of esters is 1. The van der Waals surface area contributed by atoms with E-state index in [1.165, 1.54) is 148 Å². The molecule has 0 saturated carbocycles. The molecule has 0 aliphatic carbocycles. The van der Waals surface area contributed by atoms with Gasteiger partial charge in [-0.3, -0.25) is 4.79 Å². The summed E-state index contributed by atoms with van der Waals surface area (Å²) >= 11 is 0. The van der Waals surface area contributed by atoms with Gasteiger partial charge in [0, 0.05) is 6.42 Å². The molecule has 190 valence electrons. The maximum absolute atomic E-state index is 11.0. The first-order chi connectivity index (χ1) is 15.8. The first-order valence-corrected chi connectivity index (χ1v) is 14.5. The van der Waals surface area contributed by atoms with Crippen LogP contribution in [0.4, 0.5) is 0 Å². The second-order valence-electron chi connectivity index (χ2n) is 9.80. The van der Waals surface area contributed by atoms with Crippen molar-refractivity contribution in [2.24, 2.45) is 0 Å². The molecule has 0 aromatic rings. The van der Waals surface area contributed by atoms with E-state index in [-0.39, 0.29) is 5.97 Å². The molecule has 0 aromatic carbocycles. The lowest BCUT2D eigenvalue weighted by Gasteiger charge is -2.03. The van der Waals surface area contributed by atoms with Gasteiger partial charge in [-0.05, 0) is 32.1 Å². The molecule has 0 atom stereocenters. The van der Waals surface area contributed by atoms with Crippen molar-refractivity contribution in [3.05, 3.63) is 12.2 Å². The van der Waals surface area contributed by atoms with Crippen molar-refractivity contribution in [1.29, 1.82) is 0 Å². The van der Waals surface area contributed by atoms with E-state index in [0.717, 1.165) is 12.8 Å². The van der Waals surface area contributed by atoms with E-state index >= 15 is 0 Å². The Balaban J connectivity index is 3.09. The van der Waals surface area contributed by atoms with E-state index in [4.69, 9.17) is 0 Å². The van der Waals surface area contributed by atoms with Gasteiger partial charge >= 0.3 is 5.97 Å². The van der Waals surface area contributed by atoms with E-state index < -0.39 is 0 Å². The Morgan fingerprint density at radius 1 is 0.500 bits per heavy atom. The minimum Gasteiger partial charge on any atom is -0.469 e. The SMILES string of the molecule is CCCCCCCCCCCCCCCCCCC=CCCCCCCCCC(=O)OC. The molecule has 2 heteroatoms. The number of methoxy groups -OCH3 is 1. The van der Waals surface area contributed by atoms with E-state index in [0.29, 0.717) is 6.42 Å². The summed E-state index contributed by atoms with van der Waals surface area (Å²) < 4.78 is 4.66. The van der Waals surface area contributed by atoms with Crippen LogP contribution in [-0.4, -0.2) is 13.1 Å². The van der Waals surface area contributed by atoms with Crippen LogP contribution in [0.15, 0.2) is 12.2 Å². The number of unbranched alkanes of at least 4 members (excludes halogenated alkanes) is 22. The molecule has 0 N–H and O–H groups in total. The Labute approximate surface area is 202 Å². The standard InChI is InChI=1S/C30H58O2/c1-3-4-5-6-7-8-9-10-11-12-13-14-15-16-17-18-19-20-21-22-23-24-25-26-27-28-29-30(31)32-2/h20-21H,3-19,22-29H2,1-2H3. The fourth-order valence-electron chi connectivity index (χ4n) is 4.39. The van der Waals surface area contributed by atoms with Crippen LogP contribution in [0.5, 0.6) is 0 Å². The zero-order chi connectivity index (χ0) is 23.4. The van der Waals surface area contributed by atoms with Crippen LogP contribution in [0.1, 0.15) is 167 Å². The van der Waals surface area contributed by atoms with Gasteiger partial charge in [-0.25, -0.2) is 0 Å². The summed E-state index contributed by atoms with van der Waals surface area (Å²) in [5, 5.41) is 0. The minimum atomic E-state index is -0.0699. The maximum Gasteiger partial charge on any atom is 0.305 e. The molecule has 0 amide bonds. The molecule has 0 aliphatic heterocycles. The van der Waals surface area contributed by atoms with Gasteiger partial charge in [0.05, 0.1) is 7.11 Å². The largest absolute Gasteiger partial charge is 0.469 e. The normalized spacial score (nSPS) is 11.4. The molecule has 32 heavy (non-hydrogen) atoms. The van der Waals surface area contributed by atoms with Gasteiger partial charge in [-0.15, -0.1) is 0 Å². The van der Waals surface area contributed by atoms with Crippen molar-refractivity contribution < 1.29 is 9.53 Å². The first-order valence-electron chi connectivity index (χ1n) is 14.5. The van der Waals surface area contributed by atoms with Gasteiger partial charge in [-0.2, -0.15) is 0 Å². The average molecular weight is 451 g/mol. The molecule has 2 nitrogen and oxygen atoms in total. The summed E-state index contributed by atoms with van der Waals surface area (Å²) in [6.45, 7) is 2.30. The third kappa shape index (κ3) is 27.2. The van der Waals surface area contributed by atoms with Gasteiger partial charge in [-0.1, -0.05) is 141 Å². The fourth-order valence-corrected chi connectivity index (χ4v) is 4.39. The van der Waals surface area contributed by atoms with Crippen molar-refractivity contribution in [3.8, 4) is 0 Å². The van der Waals surface area contributed by atoms with Crippen molar-refractivity contribution in [3.63, 3.8) is 0 Å². The number of hydrogen-bond donors (Lipinski definition) is 0. The Kier molecular flexibility index (Phi) is 27.5. The predicted octanol–water partition coefficient (Wildman–Crippen LogP) is 10.5. The summed E-state index contributed by atoms with van der Waals surface area (Å²) in [5.74, 6) is -0.0699. The molecule has 0 fully saturated rings. The van der Waals surface area contributed by atoms with E-state index in [1.54, 1.807) is 0 Å². The Morgan fingerprint density at radius 3 is 1.16 bits per heavy atom. The molecular formula is C30H58O2. The number of hydrogen-bond acceptors (Lipinski definition) is 2. The van der Waals surface area contributed by atoms with Crippen molar-refractivity contribution in [2.75, 3.05) is 7.11 Å². The monoisotopic (exact) mass is 450 g/mol. The average Bonchev–Trinajstić information content (AvgIpc) is 2.81. The van der Waals surface area contributed by atoms with E-state index in [9.17, 15) is 4.79 Å². The summed E-state index contributed by atoms with van der Waals surface area (Å²) in [6.07, 6.45) is 38.3. The third-order valence-corrected chi connectivity index (χ3v) is 6.62. The molecule has 0 unspecified atom stereocenters. The quantitative estimate of drug-likeness (QED) is 0.0744. The van der Waals surface area contributed by atoms with Gasteiger partial charge < -0.3 is 4.74 Å². The second kappa shape index (κ2) is 28.2. The Bertz CT molecular complexity index is 388. The molecule has 0 bridgehead atoms. The Hall–Kier alpha value is -0.790. The number of ether oxygens (including phenoxy) is 1. The van der Waals surface area contributed by atoms with Crippen molar-refractivity contribution in [2.45, 2.75) is 167 Å². The predicted molar refractivity (Wildman–Crippen MR) is 142 cm³/mol. The molecule has 0 heterocycles. The zero-order valence-electron chi connectivity index (χ0n) is 22.1. The lowest BCUT2D eigenvalue weighted by molar-refractivity contribution is -0.140. The molecular weight excluding hydrogens is 392 g/mol. The number of rotatable bonds is 26. The summed E-state index contributed by atoms with van der Waals surface area (Å²) in [7, 11) is 1.47. The molecule has 0 saturated heterocycles. The highest BCUT2D eigenvalue weighted by Crippen LogP contribution is 2.14. The lowest BCUT2D eigenvalue weighted by Crippen LogP contribution is -1.99. The molecule has 0 rings (SSSR count). The van der Waals surface area contributed by atoms with Crippen LogP contribution in [0.3, 0.4) is 0 Å². The van der Waals surface area contributed by atoms with Crippen LogP contribution < -0.4 is 0 Å². The molecule has 0 radical (unpaired) electrons. The van der Waals surface area contributed by atoms with Crippen LogP contribution in [0, 0.1) is 0 Å². The van der Waals surface area contributed by atoms with Gasteiger partial charge in [0.25, 0.3) is 0 Å². The smallest absolute Gasteiger partial charge is 0.305 e. The Morgan fingerprint density at radius 2 is 0.812 bits per heavy atom. The number of carbonyl (C=O) groups excluding carboxylic acids is 1. The van der Waals surface area contributed by atoms with Crippen molar-refractivity contribution in [1.82, 2.24) is 0 Å². The van der Waals surface area contributed by atoms with Crippen LogP contribution in [-0.2, 0) is 9.53 Å². The minimum absolute atomic E-state index is 0.0699. The van der Waals surface area contributed by atoms with E-state index in [2.05, 4.69) is 23.8 Å². The van der Waals surface area contributed by atoms with E-state index in [1.807, 2.05) is 0 Å².